The fourth-order valence-electron chi connectivity index (χ4n) is 3.71. The zero-order chi connectivity index (χ0) is 16.2. The lowest BCUT2D eigenvalue weighted by atomic mass is 9.96. The van der Waals surface area contributed by atoms with Crippen LogP contribution in [-0.2, 0) is 17.6 Å². The van der Waals surface area contributed by atoms with Crippen LogP contribution in [0, 0.1) is 17.2 Å². The molecule has 1 fully saturated rings. The van der Waals surface area contributed by atoms with Gasteiger partial charge in [0, 0.05) is 24.4 Å². The topological polar surface area (TPSA) is 56.1 Å². The van der Waals surface area contributed by atoms with Crippen molar-refractivity contribution in [2.75, 3.05) is 25.0 Å². The molecular weight excluding hydrogens is 306 g/mol. The number of rotatable bonds is 4. The van der Waals surface area contributed by atoms with Crippen molar-refractivity contribution in [3.05, 3.63) is 16.0 Å². The molecule has 1 N–H and O–H groups in total. The second kappa shape index (κ2) is 7.46. The van der Waals surface area contributed by atoms with Crippen LogP contribution >= 0.6 is 11.3 Å². The summed E-state index contributed by atoms with van der Waals surface area (Å²) in [4.78, 5) is 16.0. The number of nitrogens with zero attached hydrogens (tertiary/aromatic N) is 2. The minimum absolute atomic E-state index is 0.0401. The van der Waals surface area contributed by atoms with E-state index in [1.807, 2.05) is 0 Å². The summed E-state index contributed by atoms with van der Waals surface area (Å²) >= 11 is 1.61. The molecule has 1 aliphatic heterocycles. The number of nitriles is 1. The Kier molecular flexibility index (Phi) is 5.34. The Morgan fingerprint density at radius 1 is 1.39 bits per heavy atom. The highest BCUT2D eigenvalue weighted by atomic mass is 32.1. The fourth-order valence-corrected chi connectivity index (χ4v) is 4.97. The third-order valence-corrected chi connectivity index (χ3v) is 6.14. The largest absolute Gasteiger partial charge is 0.317 e. The molecule has 4 nitrogen and oxygen atoms in total. The van der Waals surface area contributed by atoms with Gasteiger partial charge in [-0.1, -0.05) is 6.92 Å². The maximum atomic E-state index is 12.3. The van der Waals surface area contributed by atoms with E-state index in [1.165, 1.54) is 29.7 Å². The third-order valence-electron chi connectivity index (χ3n) is 4.93. The van der Waals surface area contributed by atoms with Crippen LogP contribution in [0.15, 0.2) is 0 Å². The summed E-state index contributed by atoms with van der Waals surface area (Å²) < 4.78 is 0. The van der Waals surface area contributed by atoms with Crippen molar-refractivity contribution < 1.29 is 4.79 Å². The van der Waals surface area contributed by atoms with Crippen LogP contribution in [0.2, 0.25) is 0 Å². The van der Waals surface area contributed by atoms with Gasteiger partial charge in [-0.3, -0.25) is 4.79 Å². The first-order valence-electron chi connectivity index (χ1n) is 8.74. The van der Waals surface area contributed by atoms with Gasteiger partial charge in [0.15, 0.2) is 0 Å². The average Bonchev–Trinajstić information content (AvgIpc) is 2.90. The molecule has 1 aliphatic carbocycles. The number of hydrogen-bond donors (Lipinski definition) is 1. The van der Waals surface area contributed by atoms with Gasteiger partial charge in [-0.25, -0.2) is 0 Å². The van der Waals surface area contributed by atoms with E-state index in [1.54, 1.807) is 11.3 Å². The smallest absolute Gasteiger partial charge is 0.226 e. The molecule has 3 rings (SSSR count). The number of thiophene rings is 1. The van der Waals surface area contributed by atoms with Gasteiger partial charge in [0.1, 0.15) is 11.1 Å². The predicted molar refractivity (Wildman–Crippen MR) is 93.8 cm³/mol. The molecule has 0 saturated carbocycles. The molecule has 1 saturated heterocycles. The zero-order valence-electron chi connectivity index (χ0n) is 13.9. The predicted octanol–water partition coefficient (Wildman–Crippen LogP) is 3.56. The molecule has 124 valence electrons. The quantitative estimate of drug-likeness (QED) is 0.918. The van der Waals surface area contributed by atoms with Gasteiger partial charge < -0.3 is 10.2 Å². The first-order valence-corrected chi connectivity index (χ1v) is 9.56. The SMILES string of the molecule is CC1CCCN(CCC(=O)Nc2sc3c(c2C#N)CCCC3)C1. The molecule has 2 heterocycles. The van der Waals surface area contributed by atoms with Crippen LogP contribution in [0.25, 0.3) is 0 Å². The number of likely N-dealkylation sites (tertiary alicyclic amines) is 1. The molecule has 0 aromatic carbocycles. The number of amides is 1. The third kappa shape index (κ3) is 3.94. The average molecular weight is 331 g/mol. The van der Waals surface area contributed by atoms with E-state index in [0.717, 1.165) is 49.8 Å². The number of anilines is 1. The van der Waals surface area contributed by atoms with E-state index in [-0.39, 0.29) is 5.91 Å². The minimum Gasteiger partial charge on any atom is -0.317 e. The molecule has 2 aliphatic rings. The van der Waals surface area contributed by atoms with E-state index in [4.69, 9.17) is 0 Å². The molecule has 1 amide bonds. The first-order chi connectivity index (χ1) is 11.2. The molecule has 0 spiro atoms. The summed E-state index contributed by atoms with van der Waals surface area (Å²) in [7, 11) is 0. The molecule has 23 heavy (non-hydrogen) atoms. The summed E-state index contributed by atoms with van der Waals surface area (Å²) in [6.07, 6.45) is 7.43. The van der Waals surface area contributed by atoms with Gasteiger partial charge >= 0.3 is 0 Å². The van der Waals surface area contributed by atoms with Crippen molar-refractivity contribution in [3.8, 4) is 6.07 Å². The van der Waals surface area contributed by atoms with Gasteiger partial charge in [0.25, 0.3) is 0 Å². The minimum atomic E-state index is 0.0401. The van der Waals surface area contributed by atoms with Crippen LogP contribution in [0.5, 0.6) is 0 Å². The van der Waals surface area contributed by atoms with Crippen molar-refractivity contribution in [2.24, 2.45) is 5.92 Å². The summed E-state index contributed by atoms with van der Waals surface area (Å²) in [6.45, 7) is 5.31. The second-order valence-electron chi connectivity index (χ2n) is 6.87. The zero-order valence-corrected chi connectivity index (χ0v) is 14.7. The number of hydrogen-bond acceptors (Lipinski definition) is 4. The maximum absolute atomic E-state index is 12.3. The molecule has 1 atom stereocenters. The highest BCUT2D eigenvalue weighted by molar-refractivity contribution is 7.16. The molecular formula is C18H25N3OS. The Morgan fingerprint density at radius 3 is 3.00 bits per heavy atom. The number of carbonyl (C=O) groups excluding carboxylic acids is 1. The van der Waals surface area contributed by atoms with E-state index < -0.39 is 0 Å². The molecule has 1 unspecified atom stereocenters. The van der Waals surface area contributed by atoms with E-state index in [2.05, 4.69) is 23.2 Å². The summed E-state index contributed by atoms with van der Waals surface area (Å²) in [5.74, 6) is 0.777. The fraction of sp³-hybridized carbons (Fsp3) is 0.667. The number of aryl methyl sites for hydroxylation is 1. The summed E-state index contributed by atoms with van der Waals surface area (Å²) in [5.41, 5.74) is 1.90. The Hall–Kier alpha value is -1.38. The van der Waals surface area contributed by atoms with Crippen LogP contribution in [0.1, 0.15) is 55.0 Å². The number of nitrogens with one attached hydrogen (secondary N) is 1. The lowest BCUT2D eigenvalue weighted by Gasteiger charge is -2.30. The van der Waals surface area contributed by atoms with E-state index in [9.17, 15) is 10.1 Å². The van der Waals surface area contributed by atoms with Crippen molar-refractivity contribution in [1.82, 2.24) is 4.90 Å². The van der Waals surface area contributed by atoms with Crippen molar-refractivity contribution in [3.63, 3.8) is 0 Å². The molecule has 1 aromatic heterocycles. The second-order valence-corrected chi connectivity index (χ2v) is 7.98. The number of fused-ring (bicyclic) bond motifs is 1. The van der Waals surface area contributed by atoms with Gasteiger partial charge in [0.05, 0.1) is 5.56 Å². The van der Waals surface area contributed by atoms with Crippen molar-refractivity contribution in [1.29, 1.82) is 5.26 Å². The molecule has 0 bridgehead atoms. The van der Waals surface area contributed by atoms with Crippen LogP contribution in [0.3, 0.4) is 0 Å². The maximum Gasteiger partial charge on any atom is 0.226 e. The van der Waals surface area contributed by atoms with Crippen LogP contribution in [-0.4, -0.2) is 30.4 Å². The first kappa shape index (κ1) is 16.5. The molecule has 0 radical (unpaired) electrons. The Labute approximate surface area is 142 Å². The highest BCUT2D eigenvalue weighted by Gasteiger charge is 2.22. The van der Waals surface area contributed by atoms with Gasteiger partial charge in [-0.2, -0.15) is 5.26 Å². The van der Waals surface area contributed by atoms with Crippen LogP contribution in [0.4, 0.5) is 5.00 Å². The standard InChI is InChI=1S/C18H25N3OS/c1-13-5-4-9-21(12-13)10-8-17(22)20-18-15(11-19)14-6-2-3-7-16(14)23-18/h13H,2-10,12H2,1H3,(H,20,22). The van der Waals surface area contributed by atoms with Crippen LogP contribution < -0.4 is 5.32 Å². The van der Waals surface area contributed by atoms with Crippen molar-refractivity contribution in [2.45, 2.75) is 51.9 Å². The summed E-state index contributed by atoms with van der Waals surface area (Å²) in [5, 5.41) is 13.2. The number of piperidine rings is 1. The lowest BCUT2D eigenvalue weighted by Crippen LogP contribution is -2.36. The molecule has 5 heteroatoms. The highest BCUT2D eigenvalue weighted by Crippen LogP contribution is 2.37. The van der Waals surface area contributed by atoms with E-state index in [0.29, 0.717) is 12.0 Å². The van der Waals surface area contributed by atoms with Gasteiger partial charge in [-0.15, -0.1) is 11.3 Å². The Bertz CT molecular complexity index is 617. The monoisotopic (exact) mass is 331 g/mol. The van der Waals surface area contributed by atoms with Gasteiger partial charge in [0.2, 0.25) is 5.91 Å². The van der Waals surface area contributed by atoms with E-state index >= 15 is 0 Å². The number of carbonyl (C=O) groups is 1. The molecule has 1 aromatic rings. The Balaban J connectivity index is 1.58. The van der Waals surface area contributed by atoms with Crippen molar-refractivity contribution >= 4 is 22.2 Å². The van der Waals surface area contributed by atoms with Gasteiger partial charge in [-0.05, 0) is 56.6 Å². The lowest BCUT2D eigenvalue weighted by molar-refractivity contribution is -0.116. The summed E-state index contributed by atoms with van der Waals surface area (Å²) in [6, 6.07) is 2.31. The Morgan fingerprint density at radius 2 is 2.22 bits per heavy atom. The normalized spacial score (nSPS) is 21.5.